The van der Waals surface area contributed by atoms with Gasteiger partial charge >= 0.3 is 0 Å². The number of hydrogen-bond acceptors (Lipinski definition) is 3. The first-order valence-corrected chi connectivity index (χ1v) is 10.2. The van der Waals surface area contributed by atoms with Crippen molar-refractivity contribution in [3.8, 4) is 38.9 Å². The van der Waals surface area contributed by atoms with E-state index in [0.29, 0.717) is 10.8 Å². The van der Waals surface area contributed by atoms with Crippen molar-refractivity contribution in [1.82, 2.24) is 14.8 Å². The van der Waals surface area contributed by atoms with Crippen molar-refractivity contribution in [2.24, 2.45) is 0 Å². The van der Waals surface area contributed by atoms with E-state index in [4.69, 9.17) is 10.1 Å². The fourth-order valence-electron chi connectivity index (χ4n) is 3.22. The van der Waals surface area contributed by atoms with Crippen LogP contribution >= 0.6 is 11.3 Å². The molecule has 0 fully saturated rings. The Labute approximate surface area is 175 Å². The van der Waals surface area contributed by atoms with Crippen molar-refractivity contribution in [3.63, 3.8) is 0 Å². The Morgan fingerprint density at radius 1 is 0.667 bits per heavy atom. The smallest absolute Gasteiger partial charge is 0.211 e. The Kier molecular flexibility index (Phi) is 4.69. The topological polar surface area (TPSA) is 30.7 Å². The summed E-state index contributed by atoms with van der Waals surface area (Å²) >= 11 is 1.48. The van der Waals surface area contributed by atoms with Gasteiger partial charge in [-0.15, -0.1) is 11.3 Å². The Morgan fingerprint density at radius 2 is 1.27 bits per heavy atom. The highest BCUT2D eigenvalue weighted by atomic mass is 32.1. The lowest BCUT2D eigenvalue weighted by Gasteiger charge is -2.04. The summed E-state index contributed by atoms with van der Waals surface area (Å²) in [6, 6.07) is 24.3. The highest BCUT2D eigenvalue weighted by molar-refractivity contribution is 7.12. The number of aromatic nitrogens is 3. The lowest BCUT2D eigenvalue weighted by Crippen LogP contribution is -1.99. The molecule has 3 nitrogen and oxygen atoms in total. The average molecular weight is 415 g/mol. The molecule has 5 rings (SSSR count). The molecule has 6 heteroatoms. The minimum Gasteiger partial charge on any atom is -0.218 e. The molecule has 30 heavy (non-hydrogen) atoms. The van der Waals surface area contributed by atoms with Gasteiger partial charge < -0.3 is 0 Å². The molecular formula is C24H15F2N3S. The molecule has 0 amide bonds. The van der Waals surface area contributed by atoms with E-state index < -0.39 is 0 Å². The highest BCUT2D eigenvalue weighted by Crippen LogP contribution is 2.31. The molecule has 2 heterocycles. The van der Waals surface area contributed by atoms with E-state index in [1.54, 1.807) is 28.9 Å². The van der Waals surface area contributed by atoms with Crippen LogP contribution in [0.4, 0.5) is 8.78 Å². The predicted octanol–water partition coefficient (Wildman–Crippen LogP) is 6.61. The van der Waals surface area contributed by atoms with Crippen molar-refractivity contribution in [1.29, 1.82) is 0 Å². The van der Waals surface area contributed by atoms with Gasteiger partial charge in [0.2, 0.25) is 5.13 Å². The number of benzene rings is 3. The van der Waals surface area contributed by atoms with Crippen molar-refractivity contribution < 1.29 is 8.78 Å². The lowest BCUT2D eigenvalue weighted by atomic mass is 10.1. The summed E-state index contributed by atoms with van der Waals surface area (Å²) in [4.78, 5) is 4.76. The summed E-state index contributed by atoms with van der Waals surface area (Å²) < 4.78 is 28.6. The van der Waals surface area contributed by atoms with Gasteiger partial charge in [0.25, 0.3) is 0 Å². The van der Waals surface area contributed by atoms with Crippen LogP contribution in [0.2, 0.25) is 0 Å². The molecule has 0 spiro atoms. The van der Waals surface area contributed by atoms with E-state index in [1.807, 2.05) is 41.8 Å². The van der Waals surface area contributed by atoms with Crippen LogP contribution in [0.5, 0.6) is 0 Å². The number of halogens is 2. The van der Waals surface area contributed by atoms with Crippen LogP contribution in [0.25, 0.3) is 38.9 Å². The third-order valence-electron chi connectivity index (χ3n) is 4.73. The SMILES string of the molecule is Fc1ccc(-c2cc(-c3ccc(F)cc3)n(-c3nc(-c4ccccc4)cs3)n2)cc1. The molecule has 0 radical (unpaired) electrons. The van der Waals surface area contributed by atoms with E-state index >= 15 is 0 Å². The van der Waals surface area contributed by atoms with E-state index in [9.17, 15) is 8.78 Å². The fourth-order valence-corrected chi connectivity index (χ4v) is 4.01. The quantitative estimate of drug-likeness (QED) is 0.331. The van der Waals surface area contributed by atoms with Gasteiger partial charge in [-0.05, 0) is 54.6 Å². The summed E-state index contributed by atoms with van der Waals surface area (Å²) in [7, 11) is 0. The van der Waals surface area contributed by atoms with Crippen molar-refractivity contribution >= 4 is 11.3 Å². The molecule has 0 saturated heterocycles. The lowest BCUT2D eigenvalue weighted by molar-refractivity contribution is 0.627. The van der Waals surface area contributed by atoms with Gasteiger partial charge in [0.1, 0.15) is 11.6 Å². The zero-order valence-electron chi connectivity index (χ0n) is 15.7. The minimum atomic E-state index is -0.302. The number of rotatable bonds is 4. The largest absolute Gasteiger partial charge is 0.218 e. The van der Waals surface area contributed by atoms with Gasteiger partial charge in [0, 0.05) is 22.1 Å². The fraction of sp³-hybridized carbons (Fsp3) is 0. The van der Waals surface area contributed by atoms with E-state index in [1.165, 1.54) is 35.6 Å². The van der Waals surface area contributed by atoms with Gasteiger partial charge in [-0.25, -0.2) is 18.4 Å². The maximum atomic E-state index is 13.5. The Balaban J connectivity index is 1.63. The number of nitrogens with zero attached hydrogens (tertiary/aromatic N) is 3. The van der Waals surface area contributed by atoms with Crippen LogP contribution in [-0.4, -0.2) is 14.8 Å². The van der Waals surface area contributed by atoms with Crippen LogP contribution in [0.15, 0.2) is 90.3 Å². The van der Waals surface area contributed by atoms with Crippen molar-refractivity contribution in [2.45, 2.75) is 0 Å². The van der Waals surface area contributed by atoms with E-state index in [-0.39, 0.29) is 11.6 Å². The monoisotopic (exact) mass is 415 g/mol. The van der Waals surface area contributed by atoms with E-state index in [0.717, 1.165) is 28.1 Å². The van der Waals surface area contributed by atoms with Gasteiger partial charge in [-0.1, -0.05) is 30.3 Å². The Morgan fingerprint density at radius 3 is 1.93 bits per heavy atom. The molecule has 3 aromatic carbocycles. The first kappa shape index (κ1) is 18.4. The van der Waals surface area contributed by atoms with Crippen LogP contribution < -0.4 is 0 Å². The molecule has 0 aliphatic rings. The molecule has 0 saturated carbocycles. The van der Waals surface area contributed by atoms with Crippen LogP contribution in [0.1, 0.15) is 0 Å². The summed E-state index contributed by atoms with van der Waals surface area (Å²) in [5.74, 6) is -0.603. The molecule has 0 aliphatic carbocycles. The minimum absolute atomic E-state index is 0.302. The second-order valence-electron chi connectivity index (χ2n) is 6.72. The number of hydrogen-bond donors (Lipinski definition) is 0. The van der Waals surface area contributed by atoms with Crippen LogP contribution in [0, 0.1) is 11.6 Å². The van der Waals surface area contributed by atoms with Crippen molar-refractivity contribution in [3.05, 3.63) is 102 Å². The predicted molar refractivity (Wildman–Crippen MR) is 115 cm³/mol. The Bertz CT molecular complexity index is 1290. The maximum Gasteiger partial charge on any atom is 0.211 e. The second kappa shape index (κ2) is 7.65. The van der Waals surface area contributed by atoms with Gasteiger partial charge in [-0.2, -0.15) is 5.10 Å². The standard InChI is InChI=1S/C24H15F2N3S/c25-19-10-6-17(7-11-19)21-14-23(18-8-12-20(26)13-9-18)29(28-21)24-27-22(15-30-24)16-4-2-1-3-5-16/h1-15H. The molecule has 0 N–H and O–H groups in total. The molecule has 0 aliphatic heterocycles. The second-order valence-corrected chi connectivity index (χ2v) is 7.56. The normalized spacial score (nSPS) is 11.0. The van der Waals surface area contributed by atoms with Gasteiger partial charge in [-0.3, -0.25) is 0 Å². The molecular weight excluding hydrogens is 400 g/mol. The van der Waals surface area contributed by atoms with E-state index in [2.05, 4.69) is 0 Å². The summed E-state index contributed by atoms with van der Waals surface area (Å²) in [5, 5.41) is 7.41. The molecule has 146 valence electrons. The highest BCUT2D eigenvalue weighted by Gasteiger charge is 2.16. The first-order chi connectivity index (χ1) is 14.7. The zero-order chi connectivity index (χ0) is 20.5. The molecule has 0 atom stereocenters. The van der Waals surface area contributed by atoms with Crippen molar-refractivity contribution in [2.75, 3.05) is 0 Å². The van der Waals surface area contributed by atoms with Gasteiger partial charge in [0.15, 0.2) is 0 Å². The molecule has 0 bridgehead atoms. The van der Waals surface area contributed by atoms with Crippen LogP contribution in [-0.2, 0) is 0 Å². The third kappa shape index (κ3) is 3.53. The summed E-state index contributed by atoms with van der Waals surface area (Å²) in [6.45, 7) is 0. The Hall–Kier alpha value is -3.64. The maximum absolute atomic E-state index is 13.5. The molecule has 0 unspecified atom stereocenters. The zero-order valence-corrected chi connectivity index (χ0v) is 16.5. The summed E-state index contributed by atoms with van der Waals surface area (Å²) in [6.07, 6.45) is 0. The van der Waals surface area contributed by atoms with Gasteiger partial charge in [0.05, 0.1) is 17.1 Å². The summed E-state index contributed by atoms with van der Waals surface area (Å²) in [5.41, 5.74) is 4.95. The average Bonchev–Trinajstić information content (AvgIpc) is 3.43. The number of thiazole rings is 1. The first-order valence-electron chi connectivity index (χ1n) is 9.31. The molecule has 2 aromatic heterocycles. The molecule has 5 aromatic rings. The third-order valence-corrected chi connectivity index (χ3v) is 5.55. The van der Waals surface area contributed by atoms with Crippen LogP contribution in [0.3, 0.4) is 0 Å².